The predicted octanol–water partition coefficient (Wildman–Crippen LogP) is 3.58. The lowest BCUT2D eigenvalue weighted by molar-refractivity contribution is -0.941. The monoisotopic (exact) mass is 408 g/mol. The predicted molar refractivity (Wildman–Crippen MR) is 113 cm³/mol. The summed E-state index contributed by atoms with van der Waals surface area (Å²) in [7, 11) is 0. The molecule has 0 spiro atoms. The number of quaternary nitrogens is 1. The summed E-state index contributed by atoms with van der Waals surface area (Å²) in [5.41, 5.74) is 1.40. The quantitative estimate of drug-likeness (QED) is 0.451. The van der Waals surface area contributed by atoms with Gasteiger partial charge in [-0.05, 0) is 35.0 Å². The highest BCUT2D eigenvalue weighted by atomic mass is 32.1. The fourth-order valence-corrected chi connectivity index (χ4v) is 5.03. The summed E-state index contributed by atoms with van der Waals surface area (Å²) in [6, 6.07) is 16.1. The number of nitrogens with zero attached hydrogens (tertiary/aromatic N) is 1. The smallest absolute Gasteiger partial charge is 0.294 e. The number of nitrogens with one attached hydrogen (secondary N) is 2. The van der Waals surface area contributed by atoms with Gasteiger partial charge in [-0.15, -0.1) is 22.7 Å². The van der Waals surface area contributed by atoms with Gasteiger partial charge in [-0.3, -0.25) is 4.79 Å². The van der Waals surface area contributed by atoms with Crippen molar-refractivity contribution in [2.24, 2.45) is 0 Å². The van der Waals surface area contributed by atoms with Crippen LogP contribution in [0.1, 0.15) is 15.6 Å². The van der Waals surface area contributed by atoms with E-state index in [1.807, 2.05) is 24.3 Å². The van der Waals surface area contributed by atoms with Crippen molar-refractivity contribution in [3.63, 3.8) is 0 Å². The third-order valence-electron chi connectivity index (χ3n) is 4.71. The van der Waals surface area contributed by atoms with E-state index >= 15 is 0 Å². The number of furan rings is 1. The zero-order valence-corrected chi connectivity index (χ0v) is 16.6. The number of hydrogen-bond acceptors (Lipinski definition) is 5. The van der Waals surface area contributed by atoms with E-state index in [2.05, 4.69) is 40.0 Å². The lowest BCUT2D eigenvalue weighted by Gasteiger charge is -2.17. The Morgan fingerprint density at radius 3 is 2.32 bits per heavy atom. The van der Waals surface area contributed by atoms with Crippen LogP contribution in [0.3, 0.4) is 0 Å². The summed E-state index contributed by atoms with van der Waals surface area (Å²) in [4.78, 5) is 24.3. The summed E-state index contributed by atoms with van der Waals surface area (Å²) in [5, 5.41) is 5.08. The molecule has 5 aromatic rings. The standard InChI is InChI=1S/C21H17N3O2S2/c25-21-20-19(16-7-1-2-8-17(16)26-20)22-18(23-21)13-24(11-14-5-3-9-27-14)12-15-6-4-10-28-15/h1-10H,11-13H2,(H,22,23,25)/p+1. The molecule has 0 atom stereocenters. The average Bonchev–Trinajstić information content (AvgIpc) is 3.43. The van der Waals surface area contributed by atoms with Gasteiger partial charge in [0.1, 0.15) is 30.7 Å². The largest absolute Gasteiger partial charge is 0.449 e. The van der Waals surface area contributed by atoms with Crippen molar-refractivity contribution in [1.82, 2.24) is 9.97 Å². The molecule has 5 rings (SSSR count). The first-order valence-corrected chi connectivity index (χ1v) is 10.8. The van der Waals surface area contributed by atoms with E-state index in [9.17, 15) is 4.79 Å². The van der Waals surface area contributed by atoms with Crippen molar-refractivity contribution in [3.05, 3.63) is 85.2 Å². The summed E-state index contributed by atoms with van der Waals surface area (Å²) < 4.78 is 5.70. The Hall–Kier alpha value is -2.74. The van der Waals surface area contributed by atoms with Crippen LogP contribution >= 0.6 is 22.7 Å². The van der Waals surface area contributed by atoms with Crippen molar-refractivity contribution in [2.75, 3.05) is 0 Å². The van der Waals surface area contributed by atoms with Gasteiger partial charge in [0.2, 0.25) is 5.58 Å². The molecule has 0 amide bonds. The third-order valence-corrected chi connectivity index (χ3v) is 6.46. The van der Waals surface area contributed by atoms with Gasteiger partial charge in [0, 0.05) is 5.39 Å². The number of H-pyrrole nitrogens is 1. The van der Waals surface area contributed by atoms with Crippen LogP contribution in [-0.4, -0.2) is 9.97 Å². The van der Waals surface area contributed by atoms with Gasteiger partial charge in [0.15, 0.2) is 5.82 Å². The van der Waals surface area contributed by atoms with Crippen molar-refractivity contribution < 1.29 is 9.32 Å². The molecular formula is C21H18N3O2S2+. The van der Waals surface area contributed by atoms with Gasteiger partial charge in [-0.1, -0.05) is 24.3 Å². The van der Waals surface area contributed by atoms with Crippen LogP contribution in [0.5, 0.6) is 0 Å². The topological polar surface area (TPSA) is 63.3 Å². The molecule has 0 saturated heterocycles. The number of benzene rings is 1. The minimum absolute atomic E-state index is 0.220. The van der Waals surface area contributed by atoms with Crippen molar-refractivity contribution in [1.29, 1.82) is 0 Å². The SMILES string of the molecule is O=c1[nH]c(C[NH+](Cc2cccs2)Cc2cccs2)nc2c1oc1ccccc12. The highest BCUT2D eigenvalue weighted by Gasteiger charge is 2.18. The molecule has 2 N–H and O–H groups in total. The van der Waals surface area contributed by atoms with Crippen LogP contribution in [-0.2, 0) is 19.6 Å². The zero-order valence-electron chi connectivity index (χ0n) is 15.0. The number of rotatable bonds is 6. The van der Waals surface area contributed by atoms with Gasteiger partial charge < -0.3 is 14.3 Å². The highest BCUT2D eigenvalue weighted by Crippen LogP contribution is 2.24. The van der Waals surface area contributed by atoms with Gasteiger partial charge in [0.25, 0.3) is 5.56 Å². The van der Waals surface area contributed by atoms with Gasteiger partial charge in [-0.2, -0.15) is 0 Å². The van der Waals surface area contributed by atoms with Crippen LogP contribution < -0.4 is 10.5 Å². The van der Waals surface area contributed by atoms with Crippen molar-refractivity contribution in [2.45, 2.75) is 19.6 Å². The number of aromatic nitrogens is 2. The molecule has 28 heavy (non-hydrogen) atoms. The van der Waals surface area contributed by atoms with Gasteiger partial charge in [-0.25, -0.2) is 4.98 Å². The zero-order chi connectivity index (χ0) is 18.9. The fourth-order valence-electron chi connectivity index (χ4n) is 3.47. The van der Waals surface area contributed by atoms with Crippen LogP contribution in [0.2, 0.25) is 0 Å². The first-order chi connectivity index (χ1) is 13.8. The van der Waals surface area contributed by atoms with E-state index in [4.69, 9.17) is 9.40 Å². The Labute approximate surface area is 168 Å². The maximum Gasteiger partial charge on any atom is 0.294 e. The maximum atomic E-state index is 12.6. The summed E-state index contributed by atoms with van der Waals surface area (Å²) in [6.45, 7) is 2.42. The number of aromatic amines is 1. The van der Waals surface area contributed by atoms with E-state index in [1.54, 1.807) is 22.7 Å². The number of hydrogen-bond donors (Lipinski definition) is 2. The molecule has 0 saturated carbocycles. The summed E-state index contributed by atoms with van der Waals surface area (Å²) >= 11 is 3.52. The van der Waals surface area contributed by atoms with Crippen LogP contribution in [0.15, 0.2) is 68.5 Å². The molecule has 0 aliphatic heterocycles. The first kappa shape index (κ1) is 17.4. The molecule has 0 aliphatic carbocycles. The molecule has 0 unspecified atom stereocenters. The van der Waals surface area contributed by atoms with Gasteiger partial charge in [0.05, 0.1) is 9.75 Å². The Morgan fingerprint density at radius 1 is 0.929 bits per heavy atom. The summed E-state index contributed by atoms with van der Waals surface area (Å²) in [6.07, 6.45) is 0. The van der Waals surface area contributed by atoms with E-state index in [1.165, 1.54) is 14.7 Å². The Kier molecular flexibility index (Phi) is 4.56. The second-order valence-corrected chi connectivity index (χ2v) is 8.79. The number of thiophene rings is 2. The lowest BCUT2D eigenvalue weighted by Crippen LogP contribution is -3.08. The highest BCUT2D eigenvalue weighted by molar-refractivity contribution is 7.10. The molecule has 4 aromatic heterocycles. The molecule has 0 aliphatic rings. The molecule has 4 heterocycles. The Morgan fingerprint density at radius 2 is 1.64 bits per heavy atom. The second kappa shape index (κ2) is 7.35. The lowest BCUT2D eigenvalue weighted by atomic mass is 10.2. The molecule has 0 bridgehead atoms. The average molecular weight is 409 g/mol. The molecule has 0 radical (unpaired) electrons. The van der Waals surface area contributed by atoms with Crippen LogP contribution in [0.4, 0.5) is 0 Å². The molecule has 140 valence electrons. The fraction of sp³-hybridized carbons (Fsp3) is 0.143. The molecule has 1 aromatic carbocycles. The number of fused-ring (bicyclic) bond motifs is 3. The Balaban J connectivity index is 1.51. The van der Waals surface area contributed by atoms with Crippen molar-refractivity contribution >= 4 is 44.7 Å². The second-order valence-electron chi connectivity index (χ2n) is 6.73. The maximum absolute atomic E-state index is 12.6. The van der Waals surface area contributed by atoms with Crippen molar-refractivity contribution in [3.8, 4) is 0 Å². The molecular weight excluding hydrogens is 390 g/mol. The first-order valence-electron chi connectivity index (χ1n) is 9.05. The third kappa shape index (κ3) is 3.40. The molecule has 5 nitrogen and oxygen atoms in total. The molecule has 7 heteroatoms. The normalized spacial score (nSPS) is 11.8. The van der Waals surface area contributed by atoms with Crippen LogP contribution in [0, 0.1) is 0 Å². The number of para-hydroxylation sites is 1. The van der Waals surface area contributed by atoms with E-state index in [0.717, 1.165) is 18.5 Å². The van der Waals surface area contributed by atoms with E-state index < -0.39 is 0 Å². The minimum Gasteiger partial charge on any atom is -0.449 e. The summed E-state index contributed by atoms with van der Waals surface area (Å²) in [5.74, 6) is 0.687. The van der Waals surface area contributed by atoms with E-state index in [0.29, 0.717) is 29.1 Å². The minimum atomic E-state index is -0.220. The van der Waals surface area contributed by atoms with Crippen LogP contribution in [0.25, 0.3) is 22.1 Å². The Bertz CT molecular complexity index is 1230. The van der Waals surface area contributed by atoms with E-state index in [-0.39, 0.29) is 5.56 Å². The molecule has 0 fully saturated rings. The van der Waals surface area contributed by atoms with Gasteiger partial charge >= 0.3 is 0 Å².